The van der Waals surface area contributed by atoms with Gasteiger partial charge in [0.1, 0.15) is 11.6 Å². The molecule has 0 aliphatic carbocycles. The highest BCUT2D eigenvalue weighted by Crippen LogP contribution is 2.49. The second-order valence-corrected chi connectivity index (χ2v) is 7.39. The lowest BCUT2D eigenvalue weighted by atomic mass is 9.82. The predicted octanol–water partition coefficient (Wildman–Crippen LogP) is 4.47. The van der Waals surface area contributed by atoms with Gasteiger partial charge in [0.15, 0.2) is 11.5 Å². The third kappa shape index (κ3) is 2.93. The Morgan fingerprint density at radius 2 is 1.84 bits per heavy atom. The molecule has 0 fully saturated rings. The molecular weight excluding hydrogens is 404 g/mol. The summed E-state index contributed by atoms with van der Waals surface area (Å²) in [4.78, 5) is 0. The van der Waals surface area contributed by atoms with Crippen LogP contribution in [0.25, 0.3) is 22.0 Å². The van der Waals surface area contributed by atoms with Crippen molar-refractivity contribution < 1.29 is 14.2 Å². The zero-order chi connectivity index (χ0) is 22.2. The maximum Gasteiger partial charge on any atom is 0.244 e. The number of nitrogens with zero attached hydrogens (tertiary/aromatic N) is 2. The molecule has 0 amide bonds. The maximum absolute atomic E-state index is 9.98. The fourth-order valence-corrected chi connectivity index (χ4v) is 4.26. The Morgan fingerprint density at radius 3 is 2.59 bits per heavy atom. The number of rotatable bonds is 4. The van der Waals surface area contributed by atoms with Crippen LogP contribution < -0.4 is 19.9 Å². The summed E-state index contributed by atoms with van der Waals surface area (Å²) in [5.74, 6) is 0.892. The monoisotopic (exact) mass is 424 g/mol. The van der Waals surface area contributed by atoms with Crippen molar-refractivity contribution in [1.82, 2.24) is 10.2 Å². The lowest BCUT2D eigenvalue weighted by Gasteiger charge is -2.26. The highest BCUT2D eigenvalue weighted by molar-refractivity contribution is 5.87. The van der Waals surface area contributed by atoms with Crippen molar-refractivity contribution in [3.63, 3.8) is 0 Å². The third-order valence-electron chi connectivity index (χ3n) is 5.72. The average Bonchev–Trinajstić information content (AvgIpc) is 3.25. The Hall–Kier alpha value is -4.44. The van der Waals surface area contributed by atoms with Crippen molar-refractivity contribution in [3.8, 4) is 34.7 Å². The highest BCUT2D eigenvalue weighted by atomic mass is 16.5. The van der Waals surface area contributed by atoms with Crippen molar-refractivity contribution in [2.24, 2.45) is 5.73 Å². The van der Waals surface area contributed by atoms with Crippen LogP contribution in [0.2, 0.25) is 0 Å². The van der Waals surface area contributed by atoms with Gasteiger partial charge < -0.3 is 19.9 Å². The lowest BCUT2D eigenvalue weighted by molar-refractivity contribution is 0.348. The van der Waals surface area contributed by atoms with Gasteiger partial charge in [0.2, 0.25) is 11.8 Å². The normalized spacial score (nSPS) is 15.1. The van der Waals surface area contributed by atoms with E-state index in [9.17, 15) is 5.26 Å². The molecule has 0 radical (unpaired) electrons. The molecule has 4 aromatic rings. The number of benzene rings is 3. The molecule has 1 atom stereocenters. The molecule has 0 bridgehead atoms. The fourth-order valence-electron chi connectivity index (χ4n) is 4.26. The smallest absolute Gasteiger partial charge is 0.244 e. The summed E-state index contributed by atoms with van der Waals surface area (Å²) in [5, 5.41) is 19.7. The molecule has 3 aromatic carbocycles. The maximum atomic E-state index is 9.98. The summed E-state index contributed by atoms with van der Waals surface area (Å²) in [7, 11) is 3.14. The molecule has 32 heavy (non-hydrogen) atoms. The van der Waals surface area contributed by atoms with E-state index in [0.29, 0.717) is 17.4 Å². The quantitative estimate of drug-likeness (QED) is 0.501. The van der Waals surface area contributed by atoms with Gasteiger partial charge in [-0.15, -0.1) is 5.10 Å². The van der Waals surface area contributed by atoms with Gasteiger partial charge in [0.25, 0.3) is 0 Å². The van der Waals surface area contributed by atoms with Crippen LogP contribution in [-0.2, 0) is 0 Å². The van der Waals surface area contributed by atoms with E-state index in [4.69, 9.17) is 19.9 Å². The molecule has 7 nitrogen and oxygen atoms in total. The Labute approximate surface area is 184 Å². The minimum Gasteiger partial charge on any atom is -0.493 e. The van der Waals surface area contributed by atoms with E-state index >= 15 is 0 Å². The number of nitrogens with one attached hydrogen (secondary N) is 1. The van der Waals surface area contributed by atoms with Crippen LogP contribution >= 0.6 is 0 Å². The molecule has 1 unspecified atom stereocenters. The summed E-state index contributed by atoms with van der Waals surface area (Å²) in [6, 6.07) is 22.0. The van der Waals surface area contributed by atoms with E-state index < -0.39 is 5.92 Å². The Bertz CT molecular complexity index is 1410. The Balaban J connectivity index is 1.76. The number of hydrogen-bond donors (Lipinski definition) is 2. The third-order valence-corrected chi connectivity index (χ3v) is 5.72. The van der Waals surface area contributed by atoms with Crippen molar-refractivity contribution >= 4 is 10.8 Å². The number of methoxy groups -OCH3 is 2. The zero-order valence-corrected chi connectivity index (χ0v) is 17.5. The molecule has 0 saturated carbocycles. The second kappa shape index (κ2) is 7.67. The topological polar surface area (TPSA) is 106 Å². The Kier molecular flexibility index (Phi) is 4.68. The van der Waals surface area contributed by atoms with E-state index in [2.05, 4.69) is 40.5 Å². The summed E-state index contributed by atoms with van der Waals surface area (Å²) in [6.07, 6.45) is 0. The summed E-state index contributed by atoms with van der Waals surface area (Å²) >= 11 is 0. The lowest BCUT2D eigenvalue weighted by Crippen LogP contribution is -2.21. The van der Waals surface area contributed by atoms with Crippen molar-refractivity contribution in [2.75, 3.05) is 14.2 Å². The molecule has 3 N–H and O–H groups in total. The van der Waals surface area contributed by atoms with Crippen LogP contribution in [0.1, 0.15) is 17.0 Å². The molecule has 0 saturated heterocycles. The zero-order valence-electron chi connectivity index (χ0n) is 17.5. The highest BCUT2D eigenvalue weighted by Gasteiger charge is 2.37. The Morgan fingerprint density at radius 1 is 1.03 bits per heavy atom. The van der Waals surface area contributed by atoms with E-state index in [-0.39, 0.29) is 11.5 Å². The first-order chi connectivity index (χ1) is 15.7. The van der Waals surface area contributed by atoms with Crippen LogP contribution in [0.15, 0.2) is 72.1 Å². The van der Waals surface area contributed by atoms with Gasteiger partial charge in [-0.3, -0.25) is 5.10 Å². The molecular formula is C25H20N4O3. The van der Waals surface area contributed by atoms with Crippen molar-refractivity contribution in [3.05, 3.63) is 83.2 Å². The first-order valence-corrected chi connectivity index (χ1v) is 10.0. The summed E-state index contributed by atoms with van der Waals surface area (Å²) in [6.45, 7) is 0. The van der Waals surface area contributed by atoms with Gasteiger partial charge in [-0.05, 0) is 22.9 Å². The molecule has 0 spiro atoms. The molecule has 7 heteroatoms. The average molecular weight is 424 g/mol. The first kappa shape index (κ1) is 19.5. The van der Waals surface area contributed by atoms with E-state index in [1.54, 1.807) is 20.3 Å². The van der Waals surface area contributed by atoms with Gasteiger partial charge in [-0.1, -0.05) is 48.5 Å². The number of H-pyrrole nitrogens is 1. The number of nitriles is 1. The number of hydrogen-bond acceptors (Lipinski definition) is 6. The van der Waals surface area contributed by atoms with Gasteiger partial charge in [-0.2, -0.15) is 5.26 Å². The van der Waals surface area contributed by atoms with Gasteiger partial charge in [0, 0.05) is 11.1 Å². The van der Waals surface area contributed by atoms with Crippen molar-refractivity contribution in [2.45, 2.75) is 5.92 Å². The number of fused-ring (bicyclic) bond motifs is 2. The van der Waals surface area contributed by atoms with Gasteiger partial charge in [0.05, 0.1) is 31.4 Å². The fraction of sp³-hybridized carbons (Fsp3) is 0.120. The van der Waals surface area contributed by atoms with Crippen LogP contribution in [-0.4, -0.2) is 24.4 Å². The SMILES string of the molecule is COc1cccc(C2C(C#N)=C(N)Oc3n[nH]c(-c4ccc5ccccc5c4)c32)c1OC. The number of allylic oxidation sites excluding steroid dienone is 1. The number of ether oxygens (including phenoxy) is 3. The molecule has 1 aliphatic rings. The summed E-state index contributed by atoms with van der Waals surface area (Å²) in [5.41, 5.74) is 9.54. The van der Waals surface area contributed by atoms with E-state index in [1.165, 1.54) is 0 Å². The predicted molar refractivity (Wildman–Crippen MR) is 120 cm³/mol. The van der Waals surface area contributed by atoms with Crippen LogP contribution in [0.4, 0.5) is 0 Å². The minimum atomic E-state index is -0.547. The van der Waals surface area contributed by atoms with Gasteiger partial charge in [-0.25, -0.2) is 0 Å². The molecule has 158 valence electrons. The van der Waals surface area contributed by atoms with Gasteiger partial charge >= 0.3 is 0 Å². The largest absolute Gasteiger partial charge is 0.493 e. The van der Waals surface area contributed by atoms with Crippen LogP contribution in [0.3, 0.4) is 0 Å². The van der Waals surface area contributed by atoms with Crippen LogP contribution in [0, 0.1) is 11.3 Å². The minimum absolute atomic E-state index is 0.0198. The number of aromatic nitrogens is 2. The van der Waals surface area contributed by atoms with Crippen LogP contribution in [0.5, 0.6) is 17.4 Å². The van der Waals surface area contributed by atoms with E-state index in [1.807, 2.05) is 30.3 Å². The second-order valence-electron chi connectivity index (χ2n) is 7.39. The number of aromatic amines is 1. The van der Waals surface area contributed by atoms with E-state index in [0.717, 1.165) is 33.2 Å². The molecule has 2 heterocycles. The number of nitrogens with two attached hydrogens (primary N) is 1. The number of para-hydroxylation sites is 1. The first-order valence-electron chi connectivity index (χ1n) is 10.0. The molecule has 5 rings (SSSR count). The molecule has 1 aliphatic heterocycles. The molecule has 1 aromatic heterocycles. The summed E-state index contributed by atoms with van der Waals surface area (Å²) < 4.78 is 16.9. The van der Waals surface area contributed by atoms with Crippen molar-refractivity contribution in [1.29, 1.82) is 5.26 Å². The standard InChI is InChI=1S/C25H20N4O3/c1-30-19-9-5-8-17(23(19)31-2)20-18(13-26)24(27)32-25-21(20)22(28-29-25)16-11-10-14-6-3-4-7-15(14)12-16/h3-12,20H,27H2,1-2H3,(H,28,29).